The van der Waals surface area contributed by atoms with E-state index in [0.29, 0.717) is 16.6 Å². The topological polar surface area (TPSA) is 61.8 Å². The van der Waals surface area contributed by atoms with Crippen molar-refractivity contribution in [1.29, 1.82) is 0 Å². The number of amidine groups is 1. The van der Waals surface area contributed by atoms with E-state index >= 15 is 0 Å². The number of hydrogen-bond acceptors (Lipinski definition) is 5. The van der Waals surface area contributed by atoms with Crippen LogP contribution in [0.1, 0.15) is 6.42 Å². The van der Waals surface area contributed by atoms with Crippen molar-refractivity contribution in [3.05, 3.63) is 24.3 Å². The fraction of sp³-hybridized carbons (Fsp3) is 0.417. The van der Waals surface area contributed by atoms with Crippen LogP contribution in [0.5, 0.6) is 0 Å². The highest BCUT2D eigenvalue weighted by molar-refractivity contribution is 8.06. The summed E-state index contributed by atoms with van der Waals surface area (Å²) in [7, 11) is -3.40. The van der Waals surface area contributed by atoms with Crippen LogP contribution in [0.15, 0.2) is 34.2 Å². The molecule has 0 amide bonds. The highest BCUT2D eigenvalue weighted by Crippen LogP contribution is 2.36. The van der Waals surface area contributed by atoms with E-state index in [1.165, 1.54) is 0 Å². The molecular formula is C12H13N3O2S. The van der Waals surface area contributed by atoms with Crippen molar-refractivity contribution in [2.45, 2.75) is 23.4 Å². The fourth-order valence-electron chi connectivity index (χ4n) is 3.05. The Morgan fingerprint density at radius 3 is 2.83 bits per heavy atom. The predicted molar refractivity (Wildman–Crippen MR) is 67.6 cm³/mol. The van der Waals surface area contributed by atoms with Gasteiger partial charge in [0.25, 0.3) is 0 Å². The van der Waals surface area contributed by atoms with Crippen molar-refractivity contribution in [3.63, 3.8) is 0 Å². The summed E-state index contributed by atoms with van der Waals surface area (Å²) in [6, 6.07) is 7.64. The standard InChI is InChI=1S/C12H13N3O2S/c16-18(17)11-4-2-1-3-10(11)14-12(18)15-7-8-5-9(15)6-13-8/h1-4,8-9,13H,5-7H2/t8-,9-/m0/s1. The number of hydrogen-bond donors (Lipinski definition) is 1. The second kappa shape index (κ2) is 3.33. The first-order valence-corrected chi connectivity index (χ1v) is 7.57. The second-order valence-corrected chi connectivity index (χ2v) is 6.82. The maximum absolute atomic E-state index is 12.5. The average molecular weight is 263 g/mol. The van der Waals surface area contributed by atoms with Gasteiger partial charge in [-0.2, -0.15) is 0 Å². The number of nitrogens with one attached hydrogen (secondary N) is 1. The SMILES string of the molecule is O=S1(=O)C(N2C[C@@H]3C[C@H]2CN3)=Nc2ccccc21. The van der Waals surface area contributed by atoms with Gasteiger partial charge in [-0.05, 0) is 18.6 Å². The summed E-state index contributed by atoms with van der Waals surface area (Å²) in [5.74, 6) is 0. The molecule has 6 heteroatoms. The number of likely N-dealkylation sites (tertiary alicyclic amines) is 1. The van der Waals surface area contributed by atoms with E-state index in [-0.39, 0.29) is 11.2 Å². The van der Waals surface area contributed by atoms with E-state index in [2.05, 4.69) is 10.3 Å². The summed E-state index contributed by atoms with van der Waals surface area (Å²) in [4.78, 5) is 6.63. The Bertz CT molecular complexity index is 653. The first kappa shape index (κ1) is 10.5. The van der Waals surface area contributed by atoms with Crippen molar-refractivity contribution in [3.8, 4) is 0 Å². The molecule has 2 fully saturated rings. The minimum atomic E-state index is -3.40. The molecule has 5 nitrogen and oxygen atoms in total. The number of sulfone groups is 1. The Labute approximate surface area is 105 Å². The second-order valence-electron chi connectivity index (χ2n) is 5.01. The van der Waals surface area contributed by atoms with Crippen molar-refractivity contribution < 1.29 is 8.42 Å². The molecule has 0 aliphatic carbocycles. The van der Waals surface area contributed by atoms with Crippen LogP contribution in [0.25, 0.3) is 0 Å². The quantitative estimate of drug-likeness (QED) is 0.741. The van der Waals surface area contributed by atoms with E-state index in [4.69, 9.17) is 0 Å². The zero-order valence-electron chi connectivity index (χ0n) is 9.70. The predicted octanol–water partition coefficient (Wildman–Crippen LogP) is 0.508. The van der Waals surface area contributed by atoms with Crippen LogP contribution in [0.4, 0.5) is 5.69 Å². The Kier molecular flexibility index (Phi) is 1.95. The zero-order chi connectivity index (χ0) is 12.3. The molecule has 0 saturated carbocycles. The Morgan fingerprint density at radius 1 is 1.33 bits per heavy atom. The Balaban J connectivity index is 1.80. The van der Waals surface area contributed by atoms with E-state index < -0.39 is 9.84 Å². The maximum Gasteiger partial charge on any atom is 0.241 e. The van der Waals surface area contributed by atoms with Gasteiger partial charge in [0.2, 0.25) is 15.0 Å². The van der Waals surface area contributed by atoms with Gasteiger partial charge in [0, 0.05) is 25.2 Å². The number of fused-ring (bicyclic) bond motifs is 3. The molecule has 0 aromatic heterocycles. The molecule has 2 saturated heterocycles. The van der Waals surface area contributed by atoms with Gasteiger partial charge in [-0.25, -0.2) is 13.4 Å². The molecule has 3 aliphatic rings. The van der Waals surface area contributed by atoms with Crippen molar-refractivity contribution in [2.75, 3.05) is 13.1 Å². The van der Waals surface area contributed by atoms with E-state index in [1.54, 1.807) is 18.2 Å². The Morgan fingerprint density at radius 2 is 2.17 bits per heavy atom. The monoisotopic (exact) mass is 263 g/mol. The summed E-state index contributed by atoms with van der Waals surface area (Å²) in [6.45, 7) is 1.60. The molecule has 0 spiro atoms. The van der Waals surface area contributed by atoms with Gasteiger partial charge < -0.3 is 10.2 Å². The third-order valence-electron chi connectivity index (χ3n) is 3.91. The van der Waals surface area contributed by atoms with Crippen LogP contribution >= 0.6 is 0 Å². The van der Waals surface area contributed by atoms with Crippen molar-refractivity contribution >= 4 is 20.7 Å². The maximum atomic E-state index is 12.5. The third kappa shape index (κ3) is 1.24. The van der Waals surface area contributed by atoms with Gasteiger partial charge in [0.1, 0.15) is 4.90 Å². The molecule has 2 atom stereocenters. The molecule has 0 radical (unpaired) electrons. The molecule has 3 heterocycles. The van der Waals surface area contributed by atoms with Crippen LogP contribution in [-0.2, 0) is 9.84 Å². The van der Waals surface area contributed by atoms with Crippen LogP contribution in [0.3, 0.4) is 0 Å². The summed E-state index contributed by atoms with van der Waals surface area (Å²) >= 11 is 0. The number of piperazine rings is 1. The normalized spacial score (nSPS) is 31.6. The Hall–Kier alpha value is -1.40. The summed E-state index contributed by atoms with van der Waals surface area (Å²) in [6.07, 6.45) is 1.02. The molecule has 1 N–H and O–H groups in total. The molecular weight excluding hydrogens is 250 g/mol. The lowest BCUT2D eigenvalue weighted by molar-refractivity contribution is 0.349. The molecule has 4 rings (SSSR count). The first-order valence-electron chi connectivity index (χ1n) is 6.09. The third-order valence-corrected chi connectivity index (χ3v) is 5.64. The lowest BCUT2D eigenvalue weighted by Crippen LogP contribution is -2.48. The molecule has 0 unspecified atom stereocenters. The molecule has 2 bridgehead atoms. The van der Waals surface area contributed by atoms with Crippen LogP contribution in [-0.4, -0.2) is 43.7 Å². The van der Waals surface area contributed by atoms with Gasteiger partial charge in [-0.3, -0.25) is 0 Å². The first-order chi connectivity index (χ1) is 8.66. The number of benzene rings is 1. The summed E-state index contributed by atoms with van der Waals surface area (Å²) in [5, 5.41) is 3.61. The number of nitrogens with zero attached hydrogens (tertiary/aromatic N) is 2. The van der Waals surface area contributed by atoms with Crippen molar-refractivity contribution in [2.24, 2.45) is 4.99 Å². The number of para-hydroxylation sites is 1. The van der Waals surface area contributed by atoms with Crippen LogP contribution in [0.2, 0.25) is 0 Å². The minimum absolute atomic E-state index is 0.248. The van der Waals surface area contributed by atoms with E-state index in [9.17, 15) is 8.42 Å². The molecule has 18 heavy (non-hydrogen) atoms. The lowest BCUT2D eigenvalue weighted by atomic mass is 10.2. The molecule has 94 valence electrons. The molecule has 1 aromatic carbocycles. The van der Waals surface area contributed by atoms with Crippen molar-refractivity contribution in [1.82, 2.24) is 10.2 Å². The number of rotatable bonds is 0. The number of aliphatic imine (C=N–C) groups is 1. The van der Waals surface area contributed by atoms with Gasteiger partial charge in [-0.15, -0.1) is 0 Å². The highest BCUT2D eigenvalue weighted by Gasteiger charge is 2.45. The minimum Gasteiger partial charge on any atom is -0.341 e. The van der Waals surface area contributed by atoms with Gasteiger partial charge >= 0.3 is 0 Å². The summed E-state index contributed by atoms with van der Waals surface area (Å²) < 4.78 is 24.9. The average Bonchev–Trinajstić information content (AvgIpc) is 3.03. The zero-order valence-corrected chi connectivity index (χ0v) is 10.5. The fourth-order valence-corrected chi connectivity index (χ4v) is 4.65. The van der Waals surface area contributed by atoms with Gasteiger partial charge in [-0.1, -0.05) is 12.1 Å². The molecule has 3 aliphatic heterocycles. The summed E-state index contributed by atoms with van der Waals surface area (Å²) in [5.41, 5.74) is 0.572. The largest absolute Gasteiger partial charge is 0.341 e. The van der Waals surface area contributed by atoms with Gasteiger partial charge in [0.15, 0.2) is 0 Å². The lowest BCUT2D eigenvalue weighted by Gasteiger charge is -2.28. The molecule has 1 aromatic rings. The van der Waals surface area contributed by atoms with Crippen LogP contribution in [0, 0.1) is 0 Å². The van der Waals surface area contributed by atoms with E-state index in [0.717, 1.165) is 19.5 Å². The van der Waals surface area contributed by atoms with Crippen LogP contribution < -0.4 is 5.32 Å². The van der Waals surface area contributed by atoms with Gasteiger partial charge in [0.05, 0.1) is 5.69 Å². The smallest absolute Gasteiger partial charge is 0.241 e. The highest BCUT2D eigenvalue weighted by atomic mass is 32.2. The van der Waals surface area contributed by atoms with E-state index in [1.807, 2.05) is 11.0 Å².